The number of aryl methyl sites for hydroxylation is 1. The van der Waals surface area contributed by atoms with Crippen LogP contribution in [0.5, 0.6) is 0 Å². The summed E-state index contributed by atoms with van der Waals surface area (Å²) in [5.41, 5.74) is 2.68. The lowest BCUT2D eigenvalue weighted by molar-refractivity contribution is 0.187. The van der Waals surface area contributed by atoms with Crippen LogP contribution in [-0.4, -0.2) is 18.2 Å². The quantitative estimate of drug-likeness (QED) is 0.887. The molecule has 0 bridgehead atoms. The summed E-state index contributed by atoms with van der Waals surface area (Å²) in [5.74, 6) is 0.691. The number of hydrogen-bond acceptors (Lipinski definition) is 4. The van der Waals surface area contributed by atoms with Crippen LogP contribution in [0.1, 0.15) is 5.56 Å². The molecule has 104 valence electrons. The van der Waals surface area contributed by atoms with E-state index in [1.165, 1.54) is 12.7 Å². The predicted octanol–water partition coefficient (Wildman–Crippen LogP) is 4.07. The van der Waals surface area contributed by atoms with E-state index in [-0.39, 0.29) is 0 Å². The molecule has 0 unspecified atom stereocenters. The zero-order valence-corrected chi connectivity index (χ0v) is 12.7. The van der Waals surface area contributed by atoms with Crippen LogP contribution in [0.4, 0.5) is 22.0 Å². The molecule has 2 rings (SSSR count). The van der Waals surface area contributed by atoms with Crippen LogP contribution < -0.4 is 10.6 Å². The Morgan fingerprint density at radius 3 is 2.60 bits per heavy atom. The van der Waals surface area contributed by atoms with E-state index in [1.54, 1.807) is 18.3 Å². The Kier molecular flexibility index (Phi) is 4.57. The highest BCUT2D eigenvalue weighted by atomic mass is 79.9. The Bertz CT molecular complexity index is 614. The van der Waals surface area contributed by atoms with Gasteiger partial charge in [0.1, 0.15) is 5.82 Å². The third kappa shape index (κ3) is 3.71. The second kappa shape index (κ2) is 6.38. The number of anilines is 3. The molecule has 0 aliphatic rings. The van der Waals surface area contributed by atoms with Gasteiger partial charge in [0, 0.05) is 10.2 Å². The molecule has 0 aliphatic heterocycles. The first-order chi connectivity index (χ1) is 9.58. The van der Waals surface area contributed by atoms with Crippen LogP contribution in [-0.2, 0) is 4.74 Å². The van der Waals surface area contributed by atoms with E-state index in [2.05, 4.69) is 36.3 Å². The summed E-state index contributed by atoms with van der Waals surface area (Å²) in [4.78, 5) is 15.3. The van der Waals surface area contributed by atoms with E-state index in [0.29, 0.717) is 11.5 Å². The Hall–Kier alpha value is -2.08. The first kappa shape index (κ1) is 14.3. The first-order valence-corrected chi connectivity index (χ1v) is 6.72. The van der Waals surface area contributed by atoms with Crippen LogP contribution in [0.25, 0.3) is 0 Å². The SMILES string of the molecule is COC(=O)Nc1ccc(Nc2ccc(C)c(Br)c2)nc1. The minimum Gasteiger partial charge on any atom is -0.453 e. The fourth-order valence-electron chi connectivity index (χ4n) is 1.53. The number of rotatable bonds is 3. The average Bonchev–Trinajstić information content (AvgIpc) is 2.45. The van der Waals surface area contributed by atoms with Gasteiger partial charge in [-0.2, -0.15) is 0 Å². The molecule has 0 fully saturated rings. The summed E-state index contributed by atoms with van der Waals surface area (Å²) in [6.45, 7) is 2.03. The highest BCUT2D eigenvalue weighted by Gasteiger charge is 2.02. The minimum atomic E-state index is -0.519. The Morgan fingerprint density at radius 2 is 2.00 bits per heavy atom. The number of aromatic nitrogens is 1. The third-order valence-corrected chi connectivity index (χ3v) is 3.49. The van der Waals surface area contributed by atoms with Gasteiger partial charge in [0.15, 0.2) is 0 Å². The Balaban J connectivity index is 2.06. The molecule has 0 radical (unpaired) electrons. The van der Waals surface area contributed by atoms with Crippen molar-refractivity contribution in [2.45, 2.75) is 6.92 Å². The maximum absolute atomic E-state index is 11.0. The van der Waals surface area contributed by atoms with Crippen molar-refractivity contribution in [1.82, 2.24) is 4.98 Å². The van der Waals surface area contributed by atoms with E-state index in [9.17, 15) is 4.79 Å². The molecule has 1 aromatic carbocycles. The van der Waals surface area contributed by atoms with Gasteiger partial charge in [0.2, 0.25) is 0 Å². The van der Waals surface area contributed by atoms with Gasteiger partial charge in [-0.15, -0.1) is 0 Å². The molecule has 0 spiro atoms. The number of benzene rings is 1. The second-order valence-corrected chi connectivity index (χ2v) is 4.99. The predicted molar refractivity (Wildman–Crippen MR) is 82.4 cm³/mol. The summed E-state index contributed by atoms with van der Waals surface area (Å²) < 4.78 is 5.54. The van der Waals surface area contributed by atoms with Crippen molar-refractivity contribution in [1.29, 1.82) is 0 Å². The fourth-order valence-corrected chi connectivity index (χ4v) is 1.91. The highest BCUT2D eigenvalue weighted by molar-refractivity contribution is 9.10. The molecule has 20 heavy (non-hydrogen) atoms. The molecule has 2 N–H and O–H groups in total. The molecule has 0 atom stereocenters. The molecule has 1 aromatic heterocycles. The zero-order chi connectivity index (χ0) is 14.5. The number of carbonyl (C=O) groups excluding carboxylic acids is 1. The lowest BCUT2D eigenvalue weighted by Crippen LogP contribution is -2.11. The van der Waals surface area contributed by atoms with Crippen molar-refractivity contribution < 1.29 is 9.53 Å². The summed E-state index contributed by atoms with van der Waals surface area (Å²) in [6, 6.07) is 9.49. The maximum atomic E-state index is 11.0. The van der Waals surface area contributed by atoms with Gasteiger partial charge in [0.25, 0.3) is 0 Å². The number of methoxy groups -OCH3 is 1. The monoisotopic (exact) mass is 335 g/mol. The topological polar surface area (TPSA) is 63.2 Å². The molecule has 1 heterocycles. The van der Waals surface area contributed by atoms with Gasteiger partial charge in [-0.3, -0.25) is 5.32 Å². The minimum absolute atomic E-state index is 0.519. The second-order valence-electron chi connectivity index (χ2n) is 4.14. The van der Waals surface area contributed by atoms with Gasteiger partial charge in [-0.1, -0.05) is 22.0 Å². The van der Waals surface area contributed by atoms with E-state index in [0.717, 1.165) is 10.2 Å². The molecule has 0 saturated carbocycles. The van der Waals surface area contributed by atoms with Crippen LogP contribution in [0.15, 0.2) is 41.0 Å². The molecular weight excluding hydrogens is 322 g/mol. The maximum Gasteiger partial charge on any atom is 0.411 e. The van der Waals surface area contributed by atoms with E-state index in [4.69, 9.17) is 0 Å². The lowest BCUT2D eigenvalue weighted by atomic mass is 10.2. The Labute approximate surface area is 125 Å². The molecule has 0 aliphatic carbocycles. The number of ether oxygens (including phenoxy) is 1. The van der Waals surface area contributed by atoms with Gasteiger partial charge in [-0.25, -0.2) is 9.78 Å². The van der Waals surface area contributed by atoms with E-state index in [1.807, 2.05) is 25.1 Å². The van der Waals surface area contributed by atoms with Gasteiger partial charge >= 0.3 is 6.09 Å². The molecular formula is C14H14BrN3O2. The van der Waals surface area contributed by atoms with Crippen LogP contribution in [0.2, 0.25) is 0 Å². The standard InChI is InChI=1S/C14H14BrN3O2/c1-9-3-4-10(7-12(9)15)17-13-6-5-11(8-16-13)18-14(19)20-2/h3-8H,1-2H3,(H,16,17)(H,18,19). The van der Waals surface area contributed by atoms with Crippen LogP contribution >= 0.6 is 15.9 Å². The van der Waals surface area contributed by atoms with Gasteiger partial charge < -0.3 is 10.1 Å². The zero-order valence-electron chi connectivity index (χ0n) is 11.1. The van der Waals surface area contributed by atoms with Crippen molar-refractivity contribution in [3.05, 3.63) is 46.6 Å². The van der Waals surface area contributed by atoms with Crippen molar-refractivity contribution >= 4 is 39.2 Å². The van der Waals surface area contributed by atoms with Crippen molar-refractivity contribution in [2.24, 2.45) is 0 Å². The van der Waals surface area contributed by atoms with Crippen LogP contribution in [0, 0.1) is 6.92 Å². The lowest BCUT2D eigenvalue weighted by Gasteiger charge is -2.08. The van der Waals surface area contributed by atoms with Crippen molar-refractivity contribution in [2.75, 3.05) is 17.7 Å². The van der Waals surface area contributed by atoms with Crippen molar-refractivity contribution in [3.63, 3.8) is 0 Å². The molecule has 2 aromatic rings. The molecule has 6 heteroatoms. The number of amides is 1. The van der Waals surface area contributed by atoms with Crippen LogP contribution in [0.3, 0.4) is 0 Å². The normalized spacial score (nSPS) is 9.95. The number of pyridine rings is 1. The van der Waals surface area contributed by atoms with E-state index >= 15 is 0 Å². The largest absolute Gasteiger partial charge is 0.453 e. The summed E-state index contributed by atoms with van der Waals surface area (Å²) >= 11 is 3.48. The number of carbonyl (C=O) groups is 1. The smallest absolute Gasteiger partial charge is 0.411 e. The Morgan fingerprint density at radius 1 is 1.25 bits per heavy atom. The number of halogens is 1. The number of nitrogens with zero attached hydrogens (tertiary/aromatic N) is 1. The van der Waals surface area contributed by atoms with E-state index < -0.39 is 6.09 Å². The third-order valence-electron chi connectivity index (χ3n) is 2.64. The fraction of sp³-hybridized carbons (Fsp3) is 0.143. The number of hydrogen-bond donors (Lipinski definition) is 2. The summed E-state index contributed by atoms with van der Waals surface area (Å²) in [7, 11) is 1.31. The first-order valence-electron chi connectivity index (χ1n) is 5.92. The van der Waals surface area contributed by atoms with Gasteiger partial charge in [-0.05, 0) is 36.8 Å². The van der Waals surface area contributed by atoms with Gasteiger partial charge in [0.05, 0.1) is 19.0 Å². The summed E-state index contributed by atoms with van der Waals surface area (Å²) in [5, 5.41) is 5.72. The molecule has 5 nitrogen and oxygen atoms in total. The molecule has 1 amide bonds. The average molecular weight is 336 g/mol. The highest BCUT2D eigenvalue weighted by Crippen LogP contribution is 2.23. The van der Waals surface area contributed by atoms with Crippen molar-refractivity contribution in [3.8, 4) is 0 Å². The number of nitrogens with one attached hydrogen (secondary N) is 2. The summed E-state index contributed by atoms with van der Waals surface area (Å²) in [6.07, 6.45) is 1.04. The molecule has 0 saturated heterocycles.